The van der Waals surface area contributed by atoms with Gasteiger partial charge in [-0.25, -0.2) is 4.79 Å². The van der Waals surface area contributed by atoms with Crippen LogP contribution in [-0.4, -0.2) is 78.1 Å². The number of carboxylic acids is 1. The molecular weight excluding hydrogens is 416 g/mol. The molecule has 0 bridgehead atoms. The second-order valence-corrected chi connectivity index (χ2v) is 8.20. The lowest BCUT2D eigenvalue weighted by atomic mass is 10.0. The molecule has 2 heterocycles. The lowest BCUT2D eigenvalue weighted by Gasteiger charge is -2.33. The Kier molecular flexibility index (Phi) is 8.22. The molecule has 0 aliphatic carbocycles. The second kappa shape index (κ2) is 10.9. The lowest BCUT2D eigenvalue weighted by molar-refractivity contribution is -0.257. The Morgan fingerprint density at radius 2 is 1.94 bits per heavy atom. The molecule has 32 heavy (non-hydrogen) atoms. The SMILES string of the molecule is CCOC(=O)C(CCc1ccccc1)N[C@@H](C)C(=O)N1CC2(CC1C(=O)O)OCCCO2. The zero-order chi connectivity index (χ0) is 23.1. The van der Waals surface area contributed by atoms with Crippen molar-refractivity contribution >= 4 is 17.8 Å². The number of benzene rings is 1. The van der Waals surface area contributed by atoms with Crippen molar-refractivity contribution in [1.29, 1.82) is 0 Å². The molecule has 3 atom stereocenters. The van der Waals surface area contributed by atoms with Gasteiger partial charge in [-0.1, -0.05) is 30.3 Å². The van der Waals surface area contributed by atoms with Crippen molar-refractivity contribution in [2.75, 3.05) is 26.4 Å². The smallest absolute Gasteiger partial charge is 0.326 e. The number of carbonyl (C=O) groups excluding carboxylic acids is 2. The number of likely N-dealkylation sites (tertiary alicyclic amines) is 1. The van der Waals surface area contributed by atoms with E-state index in [0.29, 0.717) is 26.1 Å². The molecule has 0 saturated carbocycles. The summed E-state index contributed by atoms with van der Waals surface area (Å²) in [5.41, 5.74) is 1.07. The molecule has 9 heteroatoms. The topological polar surface area (TPSA) is 114 Å². The standard InChI is InChI=1S/C23H32N2O7/c1-3-30-22(29)18(11-10-17-8-5-4-6-9-17)24-16(2)20(26)25-15-23(14-19(25)21(27)28)31-12-7-13-32-23/h4-6,8-9,16,18-19,24H,3,7,10-15H2,1-2H3,(H,27,28)/t16-,18?,19?/m0/s1. The van der Waals surface area contributed by atoms with Gasteiger partial charge in [0.15, 0.2) is 5.79 Å². The van der Waals surface area contributed by atoms with E-state index in [1.807, 2.05) is 30.3 Å². The Morgan fingerprint density at radius 1 is 1.25 bits per heavy atom. The number of hydrogen-bond donors (Lipinski definition) is 2. The van der Waals surface area contributed by atoms with Gasteiger partial charge in [0.25, 0.3) is 0 Å². The van der Waals surface area contributed by atoms with E-state index in [2.05, 4.69) is 5.32 Å². The number of aryl methyl sites for hydroxylation is 1. The number of rotatable bonds is 9. The first-order valence-electron chi connectivity index (χ1n) is 11.1. The molecule has 2 fully saturated rings. The highest BCUT2D eigenvalue weighted by Crippen LogP contribution is 2.34. The third kappa shape index (κ3) is 5.85. The molecular formula is C23H32N2O7. The monoisotopic (exact) mass is 448 g/mol. The number of esters is 1. The minimum Gasteiger partial charge on any atom is -0.480 e. The van der Waals surface area contributed by atoms with Crippen LogP contribution < -0.4 is 5.32 Å². The van der Waals surface area contributed by atoms with Crippen LogP contribution in [0.1, 0.15) is 38.7 Å². The van der Waals surface area contributed by atoms with Gasteiger partial charge < -0.3 is 24.2 Å². The van der Waals surface area contributed by atoms with Crippen LogP contribution in [-0.2, 0) is 35.0 Å². The molecule has 9 nitrogen and oxygen atoms in total. The second-order valence-electron chi connectivity index (χ2n) is 8.20. The number of carboxylic acid groups (broad SMARTS) is 1. The highest BCUT2D eigenvalue weighted by molar-refractivity contribution is 5.88. The summed E-state index contributed by atoms with van der Waals surface area (Å²) in [5, 5.41) is 12.7. The van der Waals surface area contributed by atoms with Crippen LogP contribution in [0.2, 0.25) is 0 Å². The fourth-order valence-electron chi connectivity index (χ4n) is 4.21. The van der Waals surface area contributed by atoms with Gasteiger partial charge in [0.05, 0.1) is 32.4 Å². The van der Waals surface area contributed by atoms with Gasteiger partial charge in [-0.05, 0) is 38.7 Å². The molecule has 3 rings (SSSR count). The summed E-state index contributed by atoms with van der Waals surface area (Å²) in [5.74, 6) is -3.04. The summed E-state index contributed by atoms with van der Waals surface area (Å²) in [6.45, 7) is 4.56. The maximum absolute atomic E-state index is 13.2. The van der Waals surface area contributed by atoms with Crippen LogP contribution in [0.4, 0.5) is 0 Å². The van der Waals surface area contributed by atoms with Gasteiger partial charge in [-0.3, -0.25) is 14.9 Å². The zero-order valence-corrected chi connectivity index (χ0v) is 18.6. The van der Waals surface area contributed by atoms with E-state index < -0.39 is 41.8 Å². The summed E-state index contributed by atoms with van der Waals surface area (Å²) in [7, 11) is 0. The molecule has 2 saturated heterocycles. The third-order valence-electron chi connectivity index (χ3n) is 5.84. The Hall–Kier alpha value is -2.49. The van der Waals surface area contributed by atoms with Crippen LogP contribution in [0.5, 0.6) is 0 Å². The molecule has 2 aliphatic rings. The molecule has 2 unspecified atom stereocenters. The average molecular weight is 449 g/mol. The van der Waals surface area contributed by atoms with E-state index in [4.69, 9.17) is 14.2 Å². The predicted octanol–water partition coefficient (Wildman–Crippen LogP) is 1.35. The summed E-state index contributed by atoms with van der Waals surface area (Å²) < 4.78 is 16.7. The third-order valence-corrected chi connectivity index (χ3v) is 5.84. The van der Waals surface area contributed by atoms with Gasteiger partial charge in [0.1, 0.15) is 12.1 Å². The molecule has 1 aromatic rings. The Balaban J connectivity index is 1.68. The van der Waals surface area contributed by atoms with Crippen molar-refractivity contribution < 1.29 is 33.7 Å². The van der Waals surface area contributed by atoms with E-state index in [0.717, 1.165) is 12.0 Å². The van der Waals surface area contributed by atoms with Gasteiger partial charge in [0, 0.05) is 6.42 Å². The number of nitrogens with zero attached hydrogens (tertiary/aromatic N) is 1. The van der Waals surface area contributed by atoms with Gasteiger partial charge in [-0.2, -0.15) is 0 Å². The molecule has 0 aromatic heterocycles. The molecule has 1 aromatic carbocycles. The number of aliphatic carboxylic acids is 1. The molecule has 2 N–H and O–H groups in total. The maximum Gasteiger partial charge on any atom is 0.326 e. The predicted molar refractivity (Wildman–Crippen MR) is 115 cm³/mol. The largest absolute Gasteiger partial charge is 0.480 e. The first-order chi connectivity index (χ1) is 15.3. The van der Waals surface area contributed by atoms with E-state index in [1.54, 1.807) is 13.8 Å². The van der Waals surface area contributed by atoms with Crippen LogP contribution in [0.15, 0.2) is 30.3 Å². The average Bonchev–Trinajstić information content (AvgIpc) is 3.16. The van der Waals surface area contributed by atoms with Crippen molar-refractivity contribution in [2.45, 2.75) is 63.4 Å². The van der Waals surface area contributed by atoms with Crippen molar-refractivity contribution in [3.63, 3.8) is 0 Å². The minimum atomic E-state index is -1.11. The minimum absolute atomic E-state index is 0.0446. The lowest BCUT2D eigenvalue weighted by Crippen LogP contribution is -2.54. The molecule has 176 valence electrons. The number of hydrogen-bond acceptors (Lipinski definition) is 7. The van der Waals surface area contributed by atoms with Crippen molar-refractivity contribution in [1.82, 2.24) is 10.2 Å². The normalized spacial score (nSPS) is 21.8. The fourth-order valence-corrected chi connectivity index (χ4v) is 4.21. The molecule has 0 radical (unpaired) electrons. The quantitative estimate of drug-likeness (QED) is 0.544. The summed E-state index contributed by atoms with van der Waals surface area (Å²) >= 11 is 0. The highest BCUT2D eigenvalue weighted by atomic mass is 16.7. The number of carbonyl (C=O) groups is 3. The Labute approximate surface area is 188 Å². The van der Waals surface area contributed by atoms with E-state index >= 15 is 0 Å². The Morgan fingerprint density at radius 3 is 2.56 bits per heavy atom. The summed E-state index contributed by atoms with van der Waals surface area (Å²) in [6.07, 6.45) is 1.88. The van der Waals surface area contributed by atoms with Crippen LogP contribution in [0.25, 0.3) is 0 Å². The van der Waals surface area contributed by atoms with Gasteiger partial charge in [0.2, 0.25) is 5.91 Å². The number of ether oxygens (including phenoxy) is 3. The molecule has 1 spiro atoms. The maximum atomic E-state index is 13.2. The van der Waals surface area contributed by atoms with Crippen molar-refractivity contribution in [2.24, 2.45) is 0 Å². The van der Waals surface area contributed by atoms with E-state index in [9.17, 15) is 19.5 Å². The van der Waals surface area contributed by atoms with Crippen LogP contribution >= 0.6 is 0 Å². The van der Waals surface area contributed by atoms with Crippen molar-refractivity contribution in [3.8, 4) is 0 Å². The van der Waals surface area contributed by atoms with Crippen LogP contribution in [0, 0.1) is 0 Å². The Bertz CT molecular complexity index is 795. The summed E-state index contributed by atoms with van der Waals surface area (Å²) in [4.78, 5) is 38.9. The zero-order valence-electron chi connectivity index (χ0n) is 18.6. The highest BCUT2D eigenvalue weighted by Gasteiger charge is 2.52. The first-order valence-corrected chi connectivity index (χ1v) is 11.1. The van der Waals surface area contributed by atoms with Gasteiger partial charge in [-0.15, -0.1) is 0 Å². The fraction of sp³-hybridized carbons (Fsp3) is 0.609. The van der Waals surface area contributed by atoms with E-state index in [-0.39, 0.29) is 19.6 Å². The molecule has 1 amide bonds. The first kappa shape index (κ1) is 24.2. The number of amides is 1. The molecule has 2 aliphatic heterocycles. The summed E-state index contributed by atoms with van der Waals surface area (Å²) in [6, 6.07) is 7.20. The van der Waals surface area contributed by atoms with Gasteiger partial charge >= 0.3 is 11.9 Å². The van der Waals surface area contributed by atoms with E-state index in [1.165, 1.54) is 4.90 Å². The number of nitrogens with one attached hydrogen (secondary N) is 1. The van der Waals surface area contributed by atoms with Crippen molar-refractivity contribution in [3.05, 3.63) is 35.9 Å². The van der Waals surface area contributed by atoms with Crippen LogP contribution in [0.3, 0.4) is 0 Å².